The molecule has 0 spiro atoms. The number of nitrogens with one attached hydrogen (secondary N) is 2. The molecule has 37 heavy (non-hydrogen) atoms. The molecule has 2 atom stereocenters. The number of carbonyl (C=O) groups excluding carboxylic acids is 2. The van der Waals surface area contributed by atoms with Gasteiger partial charge in [0.25, 0.3) is 12.3 Å². The Morgan fingerprint density at radius 3 is 2.73 bits per heavy atom. The van der Waals surface area contributed by atoms with Gasteiger partial charge in [0.1, 0.15) is 23.3 Å². The average Bonchev–Trinajstić information content (AvgIpc) is 3.55. The second-order valence-electron chi connectivity index (χ2n) is 10.1. The minimum Gasteiger partial charge on any atom is -0.493 e. The van der Waals surface area contributed by atoms with E-state index in [1.54, 1.807) is 17.9 Å². The maximum atomic E-state index is 13.6. The summed E-state index contributed by atoms with van der Waals surface area (Å²) in [5, 5.41) is 3.07. The normalized spacial score (nSPS) is 19.6. The first kappa shape index (κ1) is 25.1. The van der Waals surface area contributed by atoms with Gasteiger partial charge in [0.05, 0.1) is 23.7 Å². The molecule has 2 aliphatic rings. The predicted octanol–water partition coefficient (Wildman–Crippen LogP) is 4.65. The molecule has 1 saturated heterocycles. The van der Waals surface area contributed by atoms with E-state index in [1.807, 2.05) is 13.8 Å². The molecule has 196 valence electrons. The van der Waals surface area contributed by atoms with Crippen LogP contribution in [0.3, 0.4) is 0 Å². The highest BCUT2D eigenvalue weighted by atomic mass is 19.3. The molecule has 5 rings (SSSR count). The number of H-pyrrole nitrogens is 1. The third kappa shape index (κ3) is 5.01. The molecule has 2 fully saturated rings. The zero-order chi connectivity index (χ0) is 26.3. The molecular formula is C27H31F2N5O3. The summed E-state index contributed by atoms with van der Waals surface area (Å²) in [6.45, 7) is 7.18. The van der Waals surface area contributed by atoms with Gasteiger partial charge in [-0.1, -0.05) is 13.8 Å². The summed E-state index contributed by atoms with van der Waals surface area (Å²) in [6, 6.07) is 4.13. The molecule has 0 bridgehead atoms. The lowest BCUT2D eigenvalue weighted by Crippen LogP contribution is -2.40. The van der Waals surface area contributed by atoms with Gasteiger partial charge in [-0.25, -0.2) is 18.7 Å². The van der Waals surface area contributed by atoms with Crippen LogP contribution in [0.2, 0.25) is 0 Å². The lowest BCUT2D eigenvalue weighted by atomic mass is 10.0. The lowest BCUT2D eigenvalue weighted by Gasteiger charge is -2.17. The Labute approximate surface area is 213 Å². The third-order valence-corrected chi connectivity index (χ3v) is 7.26. The fourth-order valence-electron chi connectivity index (χ4n) is 4.91. The number of carbonyl (C=O) groups is 2. The van der Waals surface area contributed by atoms with Crippen LogP contribution >= 0.6 is 0 Å². The van der Waals surface area contributed by atoms with E-state index in [0.717, 1.165) is 12.8 Å². The highest BCUT2D eigenvalue weighted by Gasteiger charge is 2.34. The van der Waals surface area contributed by atoms with Crippen molar-refractivity contribution in [3.63, 3.8) is 0 Å². The molecule has 1 aliphatic heterocycles. The van der Waals surface area contributed by atoms with Crippen molar-refractivity contribution in [3.05, 3.63) is 41.3 Å². The maximum absolute atomic E-state index is 13.6. The summed E-state index contributed by atoms with van der Waals surface area (Å²) in [5.41, 5.74) is 2.54. The van der Waals surface area contributed by atoms with Crippen LogP contribution < -0.4 is 10.1 Å². The highest BCUT2D eigenvalue weighted by Crippen LogP contribution is 2.38. The molecule has 1 aliphatic carbocycles. The van der Waals surface area contributed by atoms with E-state index < -0.39 is 6.43 Å². The van der Waals surface area contributed by atoms with E-state index in [2.05, 4.69) is 20.3 Å². The summed E-state index contributed by atoms with van der Waals surface area (Å²) in [5.74, 6) is 0.823. The molecular weight excluding hydrogens is 480 g/mol. The van der Waals surface area contributed by atoms with Crippen molar-refractivity contribution in [2.45, 2.75) is 52.5 Å². The Balaban J connectivity index is 1.48. The van der Waals surface area contributed by atoms with Gasteiger partial charge in [0, 0.05) is 36.3 Å². The lowest BCUT2D eigenvalue weighted by molar-refractivity contribution is -0.129. The van der Waals surface area contributed by atoms with Gasteiger partial charge in [0.2, 0.25) is 5.91 Å². The number of nitrogens with zero attached hydrogens (tertiary/aromatic N) is 3. The number of aromatic amines is 1. The number of hydrogen-bond donors (Lipinski definition) is 2. The van der Waals surface area contributed by atoms with E-state index in [0.29, 0.717) is 71.3 Å². The molecule has 3 aromatic rings. The van der Waals surface area contributed by atoms with Crippen molar-refractivity contribution < 1.29 is 23.1 Å². The maximum Gasteiger partial charge on any atom is 0.263 e. The molecule has 8 nitrogen and oxygen atoms in total. The zero-order valence-electron chi connectivity index (χ0n) is 21.2. The fourth-order valence-corrected chi connectivity index (χ4v) is 4.91. The number of fused-ring (bicyclic) bond motifs is 1. The second-order valence-corrected chi connectivity index (χ2v) is 10.1. The quantitative estimate of drug-likeness (QED) is 0.459. The summed E-state index contributed by atoms with van der Waals surface area (Å²) in [7, 11) is 0. The summed E-state index contributed by atoms with van der Waals surface area (Å²) < 4.78 is 33.1. The number of ether oxygens (including phenoxy) is 1. The van der Waals surface area contributed by atoms with Crippen LogP contribution in [-0.2, 0) is 4.79 Å². The van der Waals surface area contributed by atoms with Crippen LogP contribution in [0.4, 0.5) is 8.78 Å². The third-order valence-electron chi connectivity index (χ3n) is 7.26. The van der Waals surface area contributed by atoms with Crippen molar-refractivity contribution in [3.8, 4) is 17.0 Å². The van der Waals surface area contributed by atoms with Crippen molar-refractivity contribution in [1.82, 2.24) is 25.2 Å². The number of likely N-dealkylation sites (tertiary alicyclic amines) is 1. The first-order valence-electron chi connectivity index (χ1n) is 12.7. The minimum absolute atomic E-state index is 0.0648. The summed E-state index contributed by atoms with van der Waals surface area (Å²) in [4.78, 5) is 39.3. The molecule has 2 amide bonds. The van der Waals surface area contributed by atoms with Crippen LogP contribution in [0.5, 0.6) is 5.75 Å². The van der Waals surface area contributed by atoms with Crippen molar-refractivity contribution in [1.29, 1.82) is 0 Å². The van der Waals surface area contributed by atoms with E-state index in [-0.39, 0.29) is 29.3 Å². The number of benzene rings is 1. The van der Waals surface area contributed by atoms with Crippen LogP contribution in [0, 0.1) is 18.8 Å². The number of aromatic nitrogens is 3. The monoisotopic (exact) mass is 511 g/mol. The number of amides is 2. The van der Waals surface area contributed by atoms with E-state index in [1.165, 1.54) is 18.5 Å². The summed E-state index contributed by atoms with van der Waals surface area (Å²) >= 11 is 0. The molecule has 0 radical (unpaired) electrons. The number of aryl methyl sites for hydroxylation is 1. The van der Waals surface area contributed by atoms with Crippen molar-refractivity contribution in [2.75, 3.05) is 19.7 Å². The van der Waals surface area contributed by atoms with Gasteiger partial charge in [-0.3, -0.25) is 9.59 Å². The largest absolute Gasteiger partial charge is 0.493 e. The molecule has 1 saturated carbocycles. The Bertz CT molecular complexity index is 1340. The van der Waals surface area contributed by atoms with Gasteiger partial charge in [0.15, 0.2) is 0 Å². The number of rotatable bonds is 8. The van der Waals surface area contributed by atoms with Crippen LogP contribution in [0.1, 0.15) is 61.2 Å². The fraction of sp³-hybridized carbons (Fsp3) is 0.481. The smallest absolute Gasteiger partial charge is 0.263 e. The first-order valence-corrected chi connectivity index (χ1v) is 12.7. The van der Waals surface area contributed by atoms with Crippen LogP contribution in [-0.4, -0.2) is 57.4 Å². The molecule has 1 aromatic carbocycles. The number of hydrogen-bond acceptors (Lipinski definition) is 5. The van der Waals surface area contributed by atoms with Gasteiger partial charge in [-0.15, -0.1) is 0 Å². The number of halogens is 2. The molecule has 10 heteroatoms. The van der Waals surface area contributed by atoms with E-state index in [9.17, 15) is 18.4 Å². The average molecular weight is 512 g/mol. The van der Waals surface area contributed by atoms with E-state index >= 15 is 0 Å². The minimum atomic E-state index is -2.65. The Kier molecular flexibility index (Phi) is 6.83. The summed E-state index contributed by atoms with van der Waals surface area (Å²) in [6.07, 6.45) is 1.31. The van der Waals surface area contributed by atoms with Gasteiger partial charge in [-0.2, -0.15) is 0 Å². The van der Waals surface area contributed by atoms with Gasteiger partial charge >= 0.3 is 0 Å². The zero-order valence-corrected chi connectivity index (χ0v) is 21.2. The topological polar surface area (TPSA) is 100 Å². The van der Waals surface area contributed by atoms with Crippen LogP contribution in [0.15, 0.2) is 24.5 Å². The van der Waals surface area contributed by atoms with Crippen LogP contribution in [0.25, 0.3) is 22.3 Å². The first-order chi connectivity index (χ1) is 17.8. The van der Waals surface area contributed by atoms with Gasteiger partial charge in [-0.05, 0) is 49.8 Å². The number of alkyl halides is 2. The standard InChI is InChI=1S/C27H31F2N5O3/c1-4-21(35)34-10-14(2)19(11-34)33-27(36)22-15(3)32-25-23(30-13-31-24(22)25)18-9-17(26(28)29)7-8-20(18)37-12-16-5-6-16/h7-9,13-14,16,19,26,32H,4-6,10-12H2,1-3H3,(H,33,36)/t14-,19-/m1/s1. The Morgan fingerprint density at radius 2 is 2.03 bits per heavy atom. The Morgan fingerprint density at radius 1 is 1.24 bits per heavy atom. The van der Waals surface area contributed by atoms with Crippen molar-refractivity contribution >= 4 is 22.8 Å². The van der Waals surface area contributed by atoms with Crippen molar-refractivity contribution in [2.24, 2.45) is 11.8 Å². The highest BCUT2D eigenvalue weighted by molar-refractivity contribution is 6.09. The molecule has 2 N–H and O–H groups in total. The van der Waals surface area contributed by atoms with Gasteiger partial charge < -0.3 is 19.9 Å². The molecule has 0 unspecified atom stereocenters. The SMILES string of the molecule is CCC(=O)N1C[C@@H](C)[C@H](NC(=O)c2c(C)[nH]c3c(-c4cc(C(F)F)ccc4OCC4CC4)ncnc23)C1. The molecule has 3 heterocycles. The van der Waals surface area contributed by atoms with E-state index in [4.69, 9.17) is 4.74 Å². The second kappa shape index (κ2) is 10.1. The Hall–Kier alpha value is -3.56. The molecule has 2 aromatic heterocycles. The predicted molar refractivity (Wildman–Crippen MR) is 135 cm³/mol.